The van der Waals surface area contributed by atoms with Crippen LogP contribution in [-0.2, 0) is 10.8 Å². The minimum absolute atomic E-state index is 0.0723. The standard InChI is InChI=1S/C50H48N2/c1-33-12-16-36(17-13-33)45-28-29-46(37-18-14-34(2)15-19-37)52(45)42-11-9-10-38(30-42)35-20-24-41(25-21-35)51-47-26-22-39(49(3,4)5)31-43(47)44-32-40(50(6,7)8)23-27-48(44)51/h9-32H,1-8H3. The molecular formula is C50H48N2. The van der Waals surface area contributed by atoms with Crippen LogP contribution in [0, 0.1) is 13.8 Å². The van der Waals surface area contributed by atoms with Gasteiger partial charge in [-0.05, 0) is 119 Å². The van der Waals surface area contributed by atoms with E-state index in [0.717, 1.165) is 5.69 Å². The average molecular weight is 677 g/mol. The van der Waals surface area contributed by atoms with E-state index < -0.39 is 0 Å². The van der Waals surface area contributed by atoms with Crippen LogP contribution in [0.15, 0.2) is 146 Å². The summed E-state index contributed by atoms with van der Waals surface area (Å²) in [6.45, 7) is 18.1. The molecule has 0 radical (unpaired) electrons. The summed E-state index contributed by atoms with van der Waals surface area (Å²) in [5.41, 5.74) is 17.3. The molecule has 0 bridgehead atoms. The van der Waals surface area contributed by atoms with Gasteiger partial charge in [0, 0.05) is 22.1 Å². The van der Waals surface area contributed by atoms with Crippen molar-refractivity contribution in [3.63, 3.8) is 0 Å². The Balaban J connectivity index is 1.23. The van der Waals surface area contributed by atoms with Gasteiger partial charge in [-0.3, -0.25) is 0 Å². The van der Waals surface area contributed by atoms with E-state index in [4.69, 9.17) is 0 Å². The number of nitrogens with zero attached hydrogens (tertiary/aromatic N) is 2. The Morgan fingerprint density at radius 2 is 0.827 bits per heavy atom. The molecule has 2 aromatic heterocycles. The van der Waals surface area contributed by atoms with Crippen molar-refractivity contribution in [3.8, 4) is 45.0 Å². The van der Waals surface area contributed by atoms with Gasteiger partial charge in [0.2, 0.25) is 0 Å². The van der Waals surface area contributed by atoms with Gasteiger partial charge in [-0.1, -0.05) is 138 Å². The smallest absolute Gasteiger partial charge is 0.0541 e. The zero-order valence-corrected chi connectivity index (χ0v) is 31.8. The van der Waals surface area contributed by atoms with Crippen LogP contribution >= 0.6 is 0 Å². The molecule has 52 heavy (non-hydrogen) atoms. The maximum Gasteiger partial charge on any atom is 0.0541 e. The maximum absolute atomic E-state index is 2.44. The van der Waals surface area contributed by atoms with Gasteiger partial charge in [-0.15, -0.1) is 0 Å². The summed E-state index contributed by atoms with van der Waals surface area (Å²) in [6, 6.07) is 54.3. The molecule has 0 atom stereocenters. The summed E-state index contributed by atoms with van der Waals surface area (Å²) in [6.07, 6.45) is 0. The lowest BCUT2D eigenvalue weighted by molar-refractivity contribution is 0.590. The SMILES string of the molecule is Cc1ccc(-c2ccc(-c3ccc(C)cc3)n2-c2cccc(-c3ccc(-n4c5ccc(C(C)(C)C)cc5c5cc(C(C)(C)C)ccc54)cc3)c2)cc1. The molecule has 0 aliphatic rings. The highest BCUT2D eigenvalue weighted by atomic mass is 15.0. The molecule has 6 aromatic carbocycles. The van der Waals surface area contributed by atoms with Crippen molar-refractivity contribution in [1.82, 2.24) is 9.13 Å². The molecule has 258 valence electrons. The molecule has 0 spiro atoms. The van der Waals surface area contributed by atoms with Gasteiger partial charge in [0.25, 0.3) is 0 Å². The molecule has 0 aliphatic carbocycles. The fraction of sp³-hybridized carbons (Fsp3) is 0.200. The topological polar surface area (TPSA) is 9.86 Å². The summed E-state index contributed by atoms with van der Waals surface area (Å²) in [5, 5.41) is 2.62. The second kappa shape index (κ2) is 12.6. The molecule has 8 aromatic rings. The summed E-state index contributed by atoms with van der Waals surface area (Å²) in [4.78, 5) is 0. The van der Waals surface area contributed by atoms with Crippen LogP contribution in [-0.4, -0.2) is 9.13 Å². The molecule has 2 nitrogen and oxygen atoms in total. The van der Waals surface area contributed by atoms with Crippen molar-refractivity contribution in [3.05, 3.63) is 168 Å². The van der Waals surface area contributed by atoms with E-state index in [0.29, 0.717) is 0 Å². The number of hydrogen-bond acceptors (Lipinski definition) is 0. The number of hydrogen-bond donors (Lipinski definition) is 0. The van der Waals surface area contributed by atoms with E-state index in [2.05, 4.69) is 210 Å². The monoisotopic (exact) mass is 676 g/mol. The van der Waals surface area contributed by atoms with Gasteiger partial charge in [0.15, 0.2) is 0 Å². The van der Waals surface area contributed by atoms with Crippen LogP contribution in [0.1, 0.15) is 63.8 Å². The third-order valence-corrected chi connectivity index (χ3v) is 10.6. The van der Waals surface area contributed by atoms with Crippen LogP contribution in [0.2, 0.25) is 0 Å². The Hall–Kier alpha value is -5.60. The average Bonchev–Trinajstić information content (AvgIpc) is 3.71. The van der Waals surface area contributed by atoms with Crippen LogP contribution in [0.5, 0.6) is 0 Å². The molecule has 0 aliphatic heterocycles. The summed E-state index contributed by atoms with van der Waals surface area (Å²) >= 11 is 0. The summed E-state index contributed by atoms with van der Waals surface area (Å²) in [7, 11) is 0. The highest BCUT2D eigenvalue weighted by Gasteiger charge is 2.21. The number of aromatic nitrogens is 2. The zero-order chi connectivity index (χ0) is 36.4. The first-order chi connectivity index (χ1) is 24.8. The van der Waals surface area contributed by atoms with Crippen LogP contribution in [0.4, 0.5) is 0 Å². The molecule has 0 unspecified atom stereocenters. The van der Waals surface area contributed by atoms with Crippen LogP contribution in [0.3, 0.4) is 0 Å². The van der Waals surface area contributed by atoms with Crippen molar-refractivity contribution in [1.29, 1.82) is 0 Å². The number of rotatable bonds is 5. The summed E-state index contributed by atoms with van der Waals surface area (Å²) in [5.74, 6) is 0. The fourth-order valence-corrected chi connectivity index (χ4v) is 7.48. The lowest BCUT2D eigenvalue weighted by Crippen LogP contribution is -2.10. The van der Waals surface area contributed by atoms with Gasteiger partial charge in [0.1, 0.15) is 0 Å². The minimum atomic E-state index is 0.0723. The molecule has 0 amide bonds. The van der Waals surface area contributed by atoms with E-state index in [1.807, 2.05) is 0 Å². The van der Waals surface area contributed by atoms with Crippen molar-refractivity contribution >= 4 is 21.8 Å². The second-order valence-corrected chi connectivity index (χ2v) is 16.6. The molecule has 0 N–H and O–H groups in total. The maximum atomic E-state index is 2.44. The van der Waals surface area contributed by atoms with Crippen LogP contribution < -0.4 is 0 Å². The Morgan fingerprint density at radius 3 is 1.29 bits per heavy atom. The Morgan fingerprint density at radius 1 is 0.365 bits per heavy atom. The van der Waals surface area contributed by atoms with Crippen LogP contribution in [0.25, 0.3) is 66.8 Å². The highest BCUT2D eigenvalue weighted by Crippen LogP contribution is 2.39. The first-order valence-electron chi connectivity index (χ1n) is 18.5. The molecule has 0 saturated carbocycles. The fourth-order valence-electron chi connectivity index (χ4n) is 7.48. The predicted octanol–water partition coefficient (Wildman–Crippen LogP) is 13.8. The Bertz CT molecular complexity index is 2430. The van der Waals surface area contributed by atoms with Gasteiger partial charge in [0.05, 0.1) is 22.4 Å². The molecule has 0 fully saturated rings. The molecule has 8 rings (SSSR count). The van der Waals surface area contributed by atoms with Gasteiger partial charge < -0.3 is 9.13 Å². The summed E-state index contributed by atoms with van der Waals surface area (Å²) < 4.78 is 4.84. The molecule has 2 heteroatoms. The van der Waals surface area contributed by atoms with Crippen molar-refractivity contribution in [2.24, 2.45) is 0 Å². The highest BCUT2D eigenvalue weighted by molar-refractivity contribution is 6.10. The number of benzene rings is 6. The van der Waals surface area contributed by atoms with E-state index in [1.54, 1.807) is 0 Å². The first-order valence-corrected chi connectivity index (χ1v) is 18.5. The zero-order valence-electron chi connectivity index (χ0n) is 31.8. The van der Waals surface area contributed by atoms with E-state index >= 15 is 0 Å². The van der Waals surface area contributed by atoms with E-state index in [1.165, 1.54) is 83.4 Å². The van der Waals surface area contributed by atoms with Crippen molar-refractivity contribution in [2.45, 2.75) is 66.2 Å². The predicted molar refractivity (Wildman–Crippen MR) is 223 cm³/mol. The normalized spacial score (nSPS) is 12.2. The van der Waals surface area contributed by atoms with Crippen molar-refractivity contribution in [2.75, 3.05) is 0 Å². The van der Waals surface area contributed by atoms with E-state index in [9.17, 15) is 0 Å². The van der Waals surface area contributed by atoms with Gasteiger partial charge in [-0.25, -0.2) is 0 Å². The van der Waals surface area contributed by atoms with Gasteiger partial charge >= 0.3 is 0 Å². The minimum Gasteiger partial charge on any atom is -0.309 e. The third-order valence-electron chi connectivity index (χ3n) is 10.6. The van der Waals surface area contributed by atoms with E-state index in [-0.39, 0.29) is 10.8 Å². The van der Waals surface area contributed by atoms with Gasteiger partial charge in [-0.2, -0.15) is 0 Å². The molecular weight excluding hydrogens is 629 g/mol. The number of fused-ring (bicyclic) bond motifs is 3. The number of aryl methyl sites for hydroxylation is 2. The third kappa shape index (κ3) is 6.07. The lowest BCUT2D eigenvalue weighted by atomic mass is 9.85. The van der Waals surface area contributed by atoms with Crippen molar-refractivity contribution < 1.29 is 0 Å². The second-order valence-electron chi connectivity index (χ2n) is 16.6. The largest absolute Gasteiger partial charge is 0.309 e. The Labute approximate surface area is 309 Å². The Kier molecular flexibility index (Phi) is 8.10. The quantitative estimate of drug-likeness (QED) is 0.172. The first kappa shape index (κ1) is 33.5. The molecule has 0 saturated heterocycles. The lowest BCUT2D eigenvalue weighted by Gasteiger charge is -2.19. The molecule has 2 heterocycles.